The lowest BCUT2D eigenvalue weighted by atomic mass is 10.2. The number of rotatable bonds is 6. The normalized spacial score (nSPS) is 19.5. The number of hydrogen-bond donors (Lipinski definition) is 1. The number of thioether (sulfide) groups is 1. The quantitative estimate of drug-likeness (QED) is 0.711. The molecule has 1 fully saturated rings. The van der Waals surface area contributed by atoms with Crippen molar-refractivity contribution in [3.8, 4) is 11.5 Å². The maximum Gasteiger partial charge on any atom is 0.586 e. The average Bonchev–Trinajstić information content (AvgIpc) is 3.33. The molecule has 7 nitrogen and oxygen atoms in total. The van der Waals surface area contributed by atoms with Crippen LogP contribution in [0.3, 0.4) is 0 Å². The molecule has 1 atom stereocenters. The van der Waals surface area contributed by atoms with E-state index in [1.165, 1.54) is 30.0 Å². The molecular weight excluding hydrogens is 404 g/mol. The molecule has 0 radical (unpaired) electrons. The number of carbonyl (C=O) groups excluding carboxylic acids is 1. The number of fused-ring (bicyclic) bond motifs is 1. The maximum atomic E-state index is 13.1. The fourth-order valence-electron chi connectivity index (χ4n) is 3.29. The van der Waals surface area contributed by atoms with E-state index < -0.39 is 6.29 Å². The van der Waals surface area contributed by atoms with Crippen LogP contribution in [0.25, 0.3) is 0 Å². The molecule has 3 heterocycles. The van der Waals surface area contributed by atoms with Gasteiger partial charge in [0, 0.05) is 24.1 Å². The zero-order chi connectivity index (χ0) is 20.6. The highest BCUT2D eigenvalue weighted by Crippen LogP contribution is 2.42. The Morgan fingerprint density at radius 2 is 2.14 bits per heavy atom. The topological polar surface area (TPSA) is 74.6 Å². The number of nitrogens with zero attached hydrogens (tertiary/aromatic N) is 2. The second kappa shape index (κ2) is 7.83. The van der Waals surface area contributed by atoms with Crippen LogP contribution in [0.4, 0.5) is 14.5 Å². The number of halogens is 2. The van der Waals surface area contributed by atoms with Crippen molar-refractivity contribution in [3.63, 3.8) is 0 Å². The number of nitrogens with one attached hydrogen (secondary N) is 1. The van der Waals surface area contributed by atoms with Crippen LogP contribution in [-0.4, -0.2) is 40.2 Å². The molecule has 1 aromatic carbocycles. The minimum atomic E-state index is -3.68. The van der Waals surface area contributed by atoms with Crippen LogP contribution in [0.2, 0.25) is 0 Å². The number of carbonyl (C=O) groups is 1. The molecule has 0 spiro atoms. The number of imidazole rings is 1. The molecule has 0 aliphatic carbocycles. The van der Waals surface area contributed by atoms with Crippen LogP contribution in [0, 0.1) is 13.8 Å². The molecule has 1 unspecified atom stereocenters. The van der Waals surface area contributed by atoms with Crippen LogP contribution in [0.5, 0.6) is 11.5 Å². The third-order valence-electron chi connectivity index (χ3n) is 4.85. The molecule has 0 bridgehead atoms. The molecular formula is C19H21F2N3O4S. The molecule has 2 aromatic rings. The fraction of sp³-hybridized carbons (Fsp3) is 0.474. The molecule has 156 valence electrons. The van der Waals surface area contributed by atoms with E-state index in [0.717, 1.165) is 36.0 Å². The van der Waals surface area contributed by atoms with Gasteiger partial charge in [0.25, 0.3) is 0 Å². The van der Waals surface area contributed by atoms with Gasteiger partial charge in [-0.15, -0.1) is 8.78 Å². The van der Waals surface area contributed by atoms with Crippen molar-refractivity contribution in [1.29, 1.82) is 0 Å². The predicted octanol–water partition coefficient (Wildman–Crippen LogP) is 3.73. The maximum absolute atomic E-state index is 13.1. The van der Waals surface area contributed by atoms with E-state index in [1.807, 2.05) is 13.8 Å². The predicted molar refractivity (Wildman–Crippen MR) is 103 cm³/mol. The standard InChI is InChI=1S/C19H21F2N3O4S/c1-11-12(2)24(9-14-4-3-7-26-14)18(22-11)29-10-17(25)23-13-5-6-15-16(8-13)28-19(20,21)27-15/h5-6,8,14H,3-4,7,9-10H2,1-2H3,(H,23,25). The summed E-state index contributed by atoms with van der Waals surface area (Å²) in [6, 6.07) is 4.13. The number of hydrogen-bond acceptors (Lipinski definition) is 6. The molecule has 29 heavy (non-hydrogen) atoms. The van der Waals surface area contributed by atoms with E-state index in [2.05, 4.69) is 24.3 Å². The Kier molecular flexibility index (Phi) is 5.39. The molecule has 10 heteroatoms. The van der Waals surface area contributed by atoms with Crippen LogP contribution in [-0.2, 0) is 16.1 Å². The van der Waals surface area contributed by atoms with Gasteiger partial charge in [-0.25, -0.2) is 4.98 Å². The smallest absolute Gasteiger partial charge is 0.395 e. The van der Waals surface area contributed by atoms with Crippen LogP contribution in [0.1, 0.15) is 24.2 Å². The summed E-state index contributed by atoms with van der Waals surface area (Å²) in [5.74, 6) is -0.322. The second-order valence-electron chi connectivity index (χ2n) is 6.98. The molecule has 1 saturated heterocycles. The number of alkyl halides is 2. The van der Waals surface area contributed by atoms with Gasteiger partial charge < -0.3 is 24.1 Å². The SMILES string of the molecule is Cc1nc(SCC(=O)Nc2ccc3c(c2)OC(F)(F)O3)n(CC2CCCO2)c1C. The summed E-state index contributed by atoms with van der Waals surface area (Å²) in [4.78, 5) is 16.9. The number of amides is 1. The highest BCUT2D eigenvalue weighted by molar-refractivity contribution is 7.99. The summed E-state index contributed by atoms with van der Waals surface area (Å²) in [5.41, 5.74) is 2.33. The van der Waals surface area contributed by atoms with E-state index in [1.54, 1.807) is 0 Å². The van der Waals surface area contributed by atoms with E-state index >= 15 is 0 Å². The van der Waals surface area contributed by atoms with Crippen molar-refractivity contribution in [3.05, 3.63) is 29.6 Å². The summed E-state index contributed by atoms with van der Waals surface area (Å²) < 4.78 is 42.8. The van der Waals surface area contributed by atoms with Gasteiger partial charge in [-0.2, -0.15) is 0 Å². The van der Waals surface area contributed by atoms with Crippen molar-refractivity contribution in [2.24, 2.45) is 0 Å². The third kappa shape index (κ3) is 4.48. The van der Waals surface area contributed by atoms with Gasteiger partial charge >= 0.3 is 6.29 Å². The summed E-state index contributed by atoms with van der Waals surface area (Å²) in [6.45, 7) is 5.44. The number of aromatic nitrogens is 2. The second-order valence-corrected chi connectivity index (χ2v) is 7.92. The molecule has 0 saturated carbocycles. The number of benzene rings is 1. The summed E-state index contributed by atoms with van der Waals surface area (Å²) in [6.07, 6.45) is -1.44. The minimum absolute atomic E-state index is 0.0653. The Hall–Kier alpha value is -2.33. The van der Waals surface area contributed by atoms with E-state index in [0.29, 0.717) is 12.2 Å². The molecule has 1 aromatic heterocycles. The van der Waals surface area contributed by atoms with Gasteiger partial charge in [0.1, 0.15) is 0 Å². The Morgan fingerprint density at radius 3 is 2.90 bits per heavy atom. The zero-order valence-corrected chi connectivity index (χ0v) is 16.9. The lowest BCUT2D eigenvalue weighted by Crippen LogP contribution is -2.25. The van der Waals surface area contributed by atoms with Crippen molar-refractivity contribution >= 4 is 23.4 Å². The average molecular weight is 425 g/mol. The van der Waals surface area contributed by atoms with Gasteiger partial charge in [0.05, 0.1) is 24.1 Å². The molecule has 4 rings (SSSR count). The third-order valence-corrected chi connectivity index (χ3v) is 5.83. The number of ether oxygens (including phenoxy) is 3. The first kappa shape index (κ1) is 20.0. The molecule has 1 N–H and O–H groups in total. The van der Waals surface area contributed by atoms with Crippen LogP contribution in [0.15, 0.2) is 23.4 Å². The minimum Gasteiger partial charge on any atom is -0.395 e. The van der Waals surface area contributed by atoms with Crippen molar-refractivity contribution in [1.82, 2.24) is 9.55 Å². The monoisotopic (exact) mass is 425 g/mol. The molecule has 1 amide bonds. The Labute approximate surface area is 170 Å². The lowest BCUT2D eigenvalue weighted by molar-refractivity contribution is -0.286. The van der Waals surface area contributed by atoms with Gasteiger partial charge in [0.2, 0.25) is 5.91 Å². The first-order chi connectivity index (χ1) is 13.8. The largest absolute Gasteiger partial charge is 0.586 e. The summed E-state index contributed by atoms with van der Waals surface area (Å²) >= 11 is 1.33. The van der Waals surface area contributed by atoms with Crippen LogP contribution < -0.4 is 14.8 Å². The fourth-order valence-corrected chi connectivity index (χ4v) is 4.20. The Bertz CT molecular complexity index is 928. The first-order valence-corrected chi connectivity index (χ1v) is 10.3. The van der Waals surface area contributed by atoms with Crippen molar-refractivity contribution in [2.75, 3.05) is 17.7 Å². The van der Waals surface area contributed by atoms with Crippen molar-refractivity contribution in [2.45, 2.75) is 50.8 Å². The number of aryl methyl sites for hydroxylation is 1. The summed E-state index contributed by atoms with van der Waals surface area (Å²) in [7, 11) is 0. The van der Waals surface area contributed by atoms with Gasteiger partial charge in [-0.05, 0) is 38.8 Å². The van der Waals surface area contributed by atoms with E-state index in [9.17, 15) is 13.6 Å². The van der Waals surface area contributed by atoms with Gasteiger partial charge in [-0.3, -0.25) is 4.79 Å². The Morgan fingerprint density at radius 1 is 1.34 bits per heavy atom. The molecule has 2 aliphatic rings. The van der Waals surface area contributed by atoms with E-state index in [-0.39, 0.29) is 29.3 Å². The van der Waals surface area contributed by atoms with Gasteiger partial charge in [0.15, 0.2) is 16.7 Å². The Balaban J connectivity index is 1.37. The highest BCUT2D eigenvalue weighted by Gasteiger charge is 2.43. The lowest BCUT2D eigenvalue weighted by Gasteiger charge is -2.14. The van der Waals surface area contributed by atoms with E-state index in [4.69, 9.17) is 4.74 Å². The zero-order valence-electron chi connectivity index (χ0n) is 16.0. The number of anilines is 1. The van der Waals surface area contributed by atoms with Crippen molar-refractivity contribution < 1.29 is 27.8 Å². The molecule has 2 aliphatic heterocycles. The highest BCUT2D eigenvalue weighted by atomic mass is 32.2. The summed E-state index contributed by atoms with van der Waals surface area (Å²) in [5, 5.41) is 3.44. The first-order valence-electron chi connectivity index (χ1n) is 9.28. The van der Waals surface area contributed by atoms with Gasteiger partial charge in [-0.1, -0.05) is 11.8 Å². The van der Waals surface area contributed by atoms with Crippen LogP contribution >= 0.6 is 11.8 Å².